The Hall–Kier alpha value is -2.03. The van der Waals surface area contributed by atoms with Crippen molar-refractivity contribution in [2.24, 2.45) is 10.7 Å². The van der Waals surface area contributed by atoms with Crippen LogP contribution in [-0.4, -0.2) is 26.7 Å². The Labute approximate surface area is 164 Å². The lowest BCUT2D eigenvalue weighted by molar-refractivity contribution is 0.354. The van der Waals surface area contributed by atoms with E-state index in [1.165, 1.54) is 12.1 Å². The first-order chi connectivity index (χ1) is 11.6. The highest BCUT2D eigenvalue weighted by atomic mass is 127. The van der Waals surface area contributed by atoms with Crippen molar-refractivity contribution >= 4 is 29.9 Å². The van der Waals surface area contributed by atoms with E-state index in [4.69, 9.17) is 15.2 Å². The molecule has 2 rings (SSSR count). The van der Waals surface area contributed by atoms with Crippen LogP contribution in [0.2, 0.25) is 0 Å². The Morgan fingerprint density at radius 2 is 1.68 bits per heavy atom. The van der Waals surface area contributed by atoms with Gasteiger partial charge in [-0.2, -0.15) is 0 Å². The average Bonchev–Trinajstić information content (AvgIpc) is 2.61. The lowest BCUT2D eigenvalue weighted by Crippen LogP contribution is -2.33. The molecule has 0 spiro atoms. The number of nitrogens with two attached hydrogens (primary N) is 1. The van der Waals surface area contributed by atoms with Gasteiger partial charge in [-0.15, -0.1) is 24.0 Å². The van der Waals surface area contributed by atoms with E-state index in [0.29, 0.717) is 30.5 Å². The highest BCUT2D eigenvalue weighted by molar-refractivity contribution is 14.0. The second kappa shape index (κ2) is 10.8. The van der Waals surface area contributed by atoms with Crippen LogP contribution >= 0.6 is 24.0 Å². The summed E-state index contributed by atoms with van der Waals surface area (Å²) in [5, 5.41) is 3.06. The van der Waals surface area contributed by atoms with Crippen LogP contribution in [-0.2, 0) is 13.0 Å². The van der Waals surface area contributed by atoms with Crippen molar-refractivity contribution in [3.8, 4) is 11.5 Å². The summed E-state index contributed by atoms with van der Waals surface area (Å²) in [5.74, 6) is 1.51. The number of nitrogens with one attached hydrogen (secondary N) is 1. The zero-order valence-electron chi connectivity index (χ0n) is 14.3. The molecule has 7 heteroatoms. The molecule has 2 aromatic carbocycles. The van der Waals surface area contributed by atoms with Crippen LogP contribution in [0, 0.1) is 5.82 Å². The molecule has 25 heavy (non-hydrogen) atoms. The molecular formula is C18H23FIN3O2. The van der Waals surface area contributed by atoms with E-state index in [9.17, 15) is 4.39 Å². The first-order valence-electron chi connectivity index (χ1n) is 7.61. The third-order valence-corrected chi connectivity index (χ3v) is 3.51. The van der Waals surface area contributed by atoms with E-state index >= 15 is 0 Å². The third-order valence-electron chi connectivity index (χ3n) is 3.51. The molecule has 0 unspecified atom stereocenters. The standard InChI is InChI=1S/C18H22FN3O2.HI/c1-23-16-8-5-13(11-17(16)24-2)9-10-21-18(20)22-12-14-3-6-15(19)7-4-14;/h3-8,11H,9-10,12H2,1-2H3,(H3,20,21,22);1H. The van der Waals surface area contributed by atoms with Crippen LogP contribution in [0.1, 0.15) is 11.1 Å². The molecule has 0 atom stereocenters. The van der Waals surface area contributed by atoms with E-state index in [-0.39, 0.29) is 29.8 Å². The highest BCUT2D eigenvalue weighted by Crippen LogP contribution is 2.27. The fourth-order valence-electron chi connectivity index (χ4n) is 2.19. The molecule has 0 amide bonds. The Bertz CT molecular complexity index is 693. The summed E-state index contributed by atoms with van der Waals surface area (Å²) in [4.78, 5) is 4.23. The first kappa shape index (κ1) is 21.0. The number of rotatable bonds is 7. The predicted octanol–water partition coefficient (Wildman–Crippen LogP) is 3.11. The van der Waals surface area contributed by atoms with Crippen LogP contribution in [0.5, 0.6) is 11.5 Å². The molecule has 0 bridgehead atoms. The second-order valence-corrected chi connectivity index (χ2v) is 5.19. The monoisotopic (exact) mass is 459 g/mol. The van der Waals surface area contributed by atoms with Crippen molar-refractivity contribution in [2.45, 2.75) is 13.0 Å². The molecule has 0 aliphatic rings. The SMILES string of the molecule is COc1ccc(CCNC(N)=NCc2ccc(F)cc2)cc1OC.I. The number of hydrogen-bond acceptors (Lipinski definition) is 3. The van der Waals surface area contributed by atoms with Gasteiger partial charge >= 0.3 is 0 Å². The summed E-state index contributed by atoms with van der Waals surface area (Å²) in [7, 11) is 3.22. The summed E-state index contributed by atoms with van der Waals surface area (Å²) in [6.07, 6.45) is 0.771. The predicted molar refractivity (Wildman–Crippen MR) is 108 cm³/mol. The number of ether oxygens (including phenoxy) is 2. The number of aliphatic imine (C=N–C) groups is 1. The van der Waals surface area contributed by atoms with E-state index < -0.39 is 0 Å². The van der Waals surface area contributed by atoms with E-state index in [1.54, 1.807) is 26.4 Å². The first-order valence-corrected chi connectivity index (χ1v) is 7.61. The number of guanidine groups is 1. The highest BCUT2D eigenvalue weighted by Gasteiger charge is 2.04. The van der Waals surface area contributed by atoms with Crippen LogP contribution in [0.4, 0.5) is 4.39 Å². The minimum Gasteiger partial charge on any atom is -0.493 e. The van der Waals surface area contributed by atoms with Crippen LogP contribution in [0.3, 0.4) is 0 Å². The molecule has 0 radical (unpaired) electrons. The molecule has 136 valence electrons. The van der Waals surface area contributed by atoms with Crippen molar-refractivity contribution < 1.29 is 13.9 Å². The van der Waals surface area contributed by atoms with Gasteiger partial charge in [-0.05, 0) is 41.8 Å². The lowest BCUT2D eigenvalue weighted by Gasteiger charge is -2.10. The normalized spacial score (nSPS) is 10.8. The molecule has 0 aliphatic heterocycles. The molecule has 0 saturated carbocycles. The number of hydrogen-bond donors (Lipinski definition) is 2. The Morgan fingerprint density at radius 1 is 1.04 bits per heavy atom. The molecule has 0 heterocycles. The minimum atomic E-state index is -0.260. The van der Waals surface area contributed by atoms with Gasteiger partial charge in [-0.1, -0.05) is 18.2 Å². The Kier molecular flexibility index (Phi) is 9.04. The summed E-state index contributed by atoms with van der Waals surface area (Å²) < 4.78 is 23.3. The number of nitrogens with zero attached hydrogens (tertiary/aromatic N) is 1. The van der Waals surface area contributed by atoms with Gasteiger partial charge in [0, 0.05) is 6.54 Å². The Balaban J connectivity index is 0.00000312. The van der Waals surface area contributed by atoms with Crippen LogP contribution < -0.4 is 20.5 Å². The van der Waals surface area contributed by atoms with Gasteiger partial charge < -0.3 is 20.5 Å². The molecule has 3 N–H and O–H groups in total. The second-order valence-electron chi connectivity index (χ2n) is 5.19. The van der Waals surface area contributed by atoms with Crippen LogP contribution in [0.15, 0.2) is 47.5 Å². The molecule has 5 nitrogen and oxygen atoms in total. The number of benzene rings is 2. The van der Waals surface area contributed by atoms with E-state index in [1.807, 2.05) is 18.2 Å². The van der Waals surface area contributed by atoms with Crippen molar-refractivity contribution in [1.29, 1.82) is 0 Å². The Morgan fingerprint density at radius 3 is 2.32 bits per heavy atom. The molecule has 0 saturated heterocycles. The third kappa shape index (κ3) is 6.77. The number of methoxy groups -OCH3 is 2. The molecular weight excluding hydrogens is 436 g/mol. The molecule has 0 aliphatic carbocycles. The minimum absolute atomic E-state index is 0. The lowest BCUT2D eigenvalue weighted by atomic mass is 10.1. The van der Waals surface area contributed by atoms with E-state index in [2.05, 4.69) is 10.3 Å². The van der Waals surface area contributed by atoms with Gasteiger partial charge in [0.05, 0.1) is 20.8 Å². The van der Waals surface area contributed by atoms with Gasteiger partial charge in [0.2, 0.25) is 0 Å². The largest absolute Gasteiger partial charge is 0.493 e. The van der Waals surface area contributed by atoms with Gasteiger partial charge in [0.1, 0.15) is 5.82 Å². The molecule has 2 aromatic rings. The quantitative estimate of drug-likeness (QED) is 0.380. The van der Waals surface area contributed by atoms with Crippen LogP contribution in [0.25, 0.3) is 0 Å². The summed E-state index contributed by atoms with van der Waals surface area (Å²) in [5.41, 5.74) is 7.84. The number of halogens is 2. The van der Waals surface area contributed by atoms with Crippen molar-refractivity contribution in [3.63, 3.8) is 0 Å². The van der Waals surface area contributed by atoms with Gasteiger partial charge in [-0.25, -0.2) is 9.38 Å². The average molecular weight is 459 g/mol. The topological polar surface area (TPSA) is 68.9 Å². The fraction of sp³-hybridized carbons (Fsp3) is 0.278. The summed E-state index contributed by atoms with van der Waals surface area (Å²) in [6.45, 7) is 1.06. The van der Waals surface area contributed by atoms with Gasteiger partial charge in [0.15, 0.2) is 17.5 Å². The maximum Gasteiger partial charge on any atom is 0.188 e. The summed E-state index contributed by atoms with van der Waals surface area (Å²) in [6, 6.07) is 12.0. The zero-order chi connectivity index (χ0) is 17.4. The van der Waals surface area contributed by atoms with Gasteiger partial charge in [0.25, 0.3) is 0 Å². The zero-order valence-corrected chi connectivity index (χ0v) is 16.6. The van der Waals surface area contributed by atoms with E-state index in [0.717, 1.165) is 17.5 Å². The molecule has 0 aromatic heterocycles. The maximum atomic E-state index is 12.8. The van der Waals surface area contributed by atoms with Crippen molar-refractivity contribution in [2.75, 3.05) is 20.8 Å². The maximum absolute atomic E-state index is 12.8. The summed E-state index contributed by atoms with van der Waals surface area (Å²) >= 11 is 0. The van der Waals surface area contributed by atoms with Gasteiger partial charge in [-0.3, -0.25) is 0 Å². The van der Waals surface area contributed by atoms with Crippen molar-refractivity contribution in [3.05, 3.63) is 59.4 Å². The fourth-order valence-corrected chi connectivity index (χ4v) is 2.19. The molecule has 0 fully saturated rings. The van der Waals surface area contributed by atoms with Crippen molar-refractivity contribution in [1.82, 2.24) is 5.32 Å². The smallest absolute Gasteiger partial charge is 0.188 e.